The van der Waals surface area contributed by atoms with Crippen LogP contribution in [0, 0.1) is 5.41 Å². The van der Waals surface area contributed by atoms with Gasteiger partial charge in [0.25, 0.3) is 0 Å². The number of hydrogen-bond acceptors (Lipinski definition) is 2. The number of benzene rings is 2. The van der Waals surface area contributed by atoms with Crippen LogP contribution in [-0.2, 0) is 6.42 Å². The lowest BCUT2D eigenvalue weighted by Gasteiger charge is -2.24. The first-order valence-electron chi connectivity index (χ1n) is 8.83. The molecule has 0 spiro atoms. The number of methoxy groups -OCH3 is 1. The van der Waals surface area contributed by atoms with Gasteiger partial charge in [0, 0.05) is 30.4 Å². The summed E-state index contributed by atoms with van der Waals surface area (Å²) in [4.78, 5) is 3.50. The van der Waals surface area contributed by atoms with Gasteiger partial charge in [-0.1, -0.05) is 37.9 Å². The Labute approximate surface area is 161 Å². The fraction of sp³-hybridized carbons (Fsp3) is 0.348. The fourth-order valence-corrected chi connectivity index (χ4v) is 4.75. The first-order chi connectivity index (χ1) is 12.3. The van der Waals surface area contributed by atoms with Crippen LogP contribution in [0.2, 0.25) is 0 Å². The van der Waals surface area contributed by atoms with Crippen molar-refractivity contribution in [2.75, 3.05) is 31.9 Å². The third-order valence-corrected chi connectivity index (χ3v) is 6.64. The molecule has 0 radical (unpaired) electrons. The second-order valence-electron chi connectivity index (χ2n) is 7.54. The predicted molar refractivity (Wildman–Crippen MR) is 118 cm³/mol. The number of anilines is 1. The first kappa shape index (κ1) is 20.3. The Morgan fingerprint density at radius 3 is 2.31 bits per heavy atom. The van der Waals surface area contributed by atoms with Crippen LogP contribution in [0.5, 0.6) is 5.75 Å². The van der Waals surface area contributed by atoms with Gasteiger partial charge in [0.2, 0.25) is 0 Å². The molecule has 2 rings (SSSR count). The van der Waals surface area contributed by atoms with Gasteiger partial charge in [0.05, 0.1) is 7.11 Å². The molecule has 0 N–H and O–H groups in total. The zero-order chi connectivity index (χ0) is 19.3. The Kier molecular flexibility index (Phi) is 6.71. The smallest absolute Gasteiger partial charge is 0.118 e. The molecule has 0 aliphatic carbocycles. The Hall–Kier alpha value is -2.00. The topological polar surface area (TPSA) is 12.5 Å². The molecule has 1 atom stereocenters. The van der Waals surface area contributed by atoms with Crippen molar-refractivity contribution in [3.05, 3.63) is 66.2 Å². The molecule has 2 nitrogen and oxygen atoms in total. The Balaban J connectivity index is 2.38. The van der Waals surface area contributed by atoms with Crippen LogP contribution in [-0.4, -0.2) is 32.8 Å². The van der Waals surface area contributed by atoms with Crippen LogP contribution in [0.25, 0.3) is 0 Å². The molecule has 0 heterocycles. The maximum atomic E-state index is 5.27. The molecule has 0 aliphatic rings. The van der Waals surface area contributed by atoms with Gasteiger partial charge < -0.3 is 9.64 Å². The van der Waals surface area contributed by atoms with E-state index in [1.54, 1.807) is 7.11 Å². The van der Waals surface area contributed by atoms with Crippen LogP contribution < -0.4 is 9.64 Å². The maximum absolute atomic E-state index is 5.27. The minimum atomic E-state index is -0.0799. The van der Waals surface area contributed by atoms with E-state index in [0.29, 0.717) is 0 Å². The fourth-order valence-electron chi connectivity index (χ4n) is 2.81. The number of nitrogens with zero attached hydrogens (tertiary/aromatic N) is 1. The molecule has 0 aliphatic heterocycles. The summed E-state index contributed by atoms with van der Waals surface area (Å²) in [5, 5.41) is 0. The SMILES string of the molecule is C=CC(C)(C)CS(=C)c1ccc(N(C)C)cc1Cc1ccc(OC)cc1. The summed E-state index contributed by atoms with van der Waals surface area (Å²) in [6.07, 6.45) is 2.93. The molecule has 140 valence electrons. The number of rotatable bonds is 8. The molecule has 2 aromatic rings. The molecule has 2 aromatic carbocycles. The maximum Gasteiger partial charge on any atom is 0.118 e. The zero-order valence-electron chi connectivity index (χ0n) is 16.7. The van der Waals surface area contributed by atoms with Crippen LogP contribution >= 0.6 is 10.5 Å². The van der Waals surface area contributed by atoms with E-state index in [2.05, 4.69) is 75.6 Å². The predicted octanol–water partition coefficient (Wildman–Crippen LogP) is 5.62. The highest BCUT2D eigenvalue weighted by Gasteiger charge is 2.17. The highest BCUT2D eigenvalue weighted by molar-refractivity contribution is 8.14. The second-order valence-corrected chi connectivity index (χ2v) is 9.26. The summed E-state index contributed by atoms with van der Waals surface area (Å²) in [5.74, 6) is 6.39. The minimum Gasteiger partial charge on any atom is -0.497 e. The normalized spacial score (nSPS) is 12.5. The monoisotopic (exact) mass is 369 g/mol. The van der Waals surface area contributed by atoms with Crippen molar-refractivity contribution in [2.24, 2.45) is 5.41 Å². The summed E-state index contributed by atoms with van der Waals surface area (Å²) in [6, 6.07) is 15.1. The molecule has 0 fully saturated rings. The molecule has 1 unspecified atom stereocenters. The lowest BCUT2D eigenvalue weighted by Crippen LogP contribution is -2.12. The molecule has 26 heavy (non-hydrogen) atoms. The number of ether oxygens (including phenoxy) is 1. The van der Waals surface area contributed by atoms with E-state index in [4.69, 9.17) is 4.74 Å². The summed E-state index contributed by atoms with van der Waals surface area (Å²) in [6.45, 7) is 8.43. The highest BCUT2D eigenvalue weighted by Crippen LogP contribution is 2.37. The van der Waals surface area contributed by atoms with Crippen LogP contribution in [0.4, 0.5) is 5.69 Å². The molecule has 0 saturated carbocycles. The van der Waals surface area contributed by atoms with Gasteiger partial charge in [0.15, 0.2) is 0 Å². The Morgan fingerprint density at radius 2 is 1.77 bits per heavy atom. The molecule has 0 aromatic heterocycles. The van der Waals surface area contributed by atoms with E-state index >= 15 is 0 Å². The van der Waals surface area contributed by atoms with Gasteiger partial charge in [0.1, 0.15) is 5.75 Å². The van der Waals surface area contributed by atoms with Crippen LogP contribution in [0.15, 0.2) is 60.0 Å². The molecule has 3 heteroatoms. The standard InChI is InChI=1S/C23H31NOS/c1-8-23(2,3)17-26(7)22-14-11-20(24(4)5)16-19(22)15-18-9-12-21(25-6)13-10-18/h8-14,16H,1,7,15,17H2,2-6H3. The largest absolute Gasteiger partial charge is 0.497 e. The van der Waals surface area contributed by atoms with Crippen molar-refractivity contribution in [2.45, 2.75) is 25.2 Å². The van der Waals surface area contributed by atoms with E-state index in [0.717, 1.165) is 17.9 Å². The number of allylic oxidation sites excluding steroid dienone is 1. The van der Waals surface area contributed by atoms with E-state index in [9.17, 15) is 0 Å². The van der Waals surface area contributed by atoms with Crippen molar-refractivity contribution < 1.29 is 4.74 Å². The molecular weight excluding hydrogens is 338 g/mol. The Bertz CT molecular complexity index is 775. The quantitative estimate of drug-likeness (QED) is 0.442. The van der Waals surface area contributed by atoms with E-state index < -0.39 is 0 Å². The lowest BCUT2D eigenvalue weighted by atomic mass is 9.97. The van der Waals surface area contributed by atoms with Crippen molar-refractivity contribution in [3.63, 3.8) is 0 Å². The van der Waals surface area contributed by atoms with Crippen LogP contribution in [0.1, 0.15) is 25.0 Å². The molecule has 0 bridgehead atoms. The van der Waals surface area contributed by atoms with Crippen LogP contribution in [0.3, 0.4) is 0 Å². The third-order valence-electron chi connectivity index (χ3n) is 4.52. The van der Waals surface area contributed by atoms with E-state index in [1.165, 1.54) is 21.7 Å². The molecule has 0 saturated heterocycles. The van der Waals surface area contributed by atoms with E-state index in [1.807, 2.05) is 18.2 Å². The summed E-state index contributed by atoms with van der Waals surface area (Å²) >= 11 is 0. The Morgan fingerprint density at radius 1 is 1.12 bits per heavy atom. The average Bonchev–Trinajstić information content (AvgIpc) is 2.61. The summed E-state index contributed by atoms with van der Waals surface area (Å²) < 4.78 is 5.27. The van der Waals surface area contributed by atoms with E-state index in [-0.39, 0.29) is 15.9 Å². The highest BCUT2D eigenvalue weighted by atomic mass is 32.2. The average molecular weight is 370 g/mol. The van der Waals surface area contributed by atoms with Gasteiger partial charge in [-0.2, -0.15) is 10.5 Å². The molecule has 0 amide bonds. The summed E-state index contributed by atoms with van der Waals surface area (Å²) in [7, 11) is 5.78. The van der Waals surface area contributed by atoms with Gasteiger partial charge in [-0.15, -0.1) is 6.58 Å². The zero-order valence-corrected chi connectivity index (χ0v) is 17.5. The van der Waals surface area contributed by atoms with Crippen molar-refractivity contribution in [3.8, 4) is 5.75 Å². The van der Waals surface area contributed by atoms with Gasteiger partial charge >= 0.3 is 0 Å². The van der Waals surface area contributed by atoms with Gasteiger partial charge in [-0.05, 0) is 53.3 Å². The number of hydrogen-bond donors (Lipinski definition) is 0. The third kappa shape index (κ3) is 5.25. The van der Waals surface area contributed by atoms with Gasteiger partial charge in [-0.25, -0.2) is 0 Å². The summed E-state index contributed by atoms with van der Waals surface area (Å²) in [5.41, 5.74) is 3.93. The van der Waals surface area contributed by atoms with Crippen molar-refractivity contribution >= 4 is 22.0 Å². The van der Waals surface area contributed by atoms with Crippen molar-refractivity contribution in [1.82, 2.24) is 0 Å². The lowest BCUT2D eigenvalue weighted by molar-refractivity contribution is 0.414. The minimum absolute atomic E-state index is 0.0799. The molecular formula is C23H31NOS. The van der Waals surface area contributed by atoms with Crippen molar-refractivity contribution in [1.29, 1.82) is 0 Å². The second kappa shape index (κ2) is 8.59. The first-order valence-corrected chi connectivity index (χ1v) is 10.4. The van der Waals surface area contributed by atoms with Gasteiger partial charge in [-0.3, -0.25) is 0 Å².